The Hall–Kier alpha value is -0.610. The molecule has 0 heterocycles. The Labute approximate surface area is 66.2 Å². The lowest BCUT2D eigenvalue weighted by atomic mass is 10.1. The number of hydroxylamine groups is 1. The highest BCUT2D eigenvalue weighted by atomic mass is 16.5. The first kappa shape index (κ1) is 10.4. The molecule has 0 amide bonds. The van der Waals surface area contributed by atoms with Gasteiger partial charge in [-0.25, -0.2) is 5.48 Å². The van der Waals surface area contributed by atoms with E-state index < -0.39 is 11.4 Å². The van der Waals surface area contributed by atoms with Crippen LogP contribution in [-0.2, 0) is 4.79 Å². The van der Waals surface area contributed by atoms with Crippen LogP contribution in [0.15, 0.2) is 0 Å². The number of rotatable bonds is 3. The van der Waals surface area contributed by atoms with Gasteiger partial charge in [0.05, 0.1) is 5.41 Å². The van der Waals surface area contributed by atoms with Crippen molar-refractivity contribution < 1.29 is 15.1 Å². The first-order valence-electron chi connectivity index (χ1n) is 3.82. The minimum Gasteiger partial charge on any atom is -0.481 e. The number of carboxylic acids is 1. The molecule has 0 atom stereocenters. The fourth-order valence-electron chi connectivity index (χ4n) is 0.768. The van der Waals surface area contributed by atoms with Gasteiger partial charge in [-0.3, -0.25) is 4.79 Å². The van der Waals surface area contributed by atoms with Gasteiger partial charge in [-0.05, 0) is 12.8 Å². The van der Waals surface area contributed by atoms with Crippen LogP contribution in [0.1, 0.15) is 26.7 Å². The molecular formula is C7H15NO3. The lowest BCUT2D eigenvalue weighted by Gasteiger charge is -2.05. The van der Waals surface area contributed by atoms with Gasteiger partial charge in [0.25, 0.3) is 0 Å². The van der Waals surface area contributed by atoms with Crippen LogP contribution in [0.2, 0.25) is 0 Å². The zero-order valence-electron chi connectivity index (χ0n) is 6.92. The van der Waals surface area contributed by atoms with E-state index in [-0.39, 0.29) is 6.54 Å². The summed E-state index contributed by atoms with van der Waals surface area (Å²) in [5.41, 5.74) is 1.23. The fourth-order valence-corrected chi connectivity index (χ4v) is 0.768. The summed E-state index contributed by atoms with van der Waals surface area (Å²) in [6.07, 6.45) is 1.35. The number of carbonyl (C=O) groups is 1. The second-order valence-corrected chi connectivity index (χ2v) is 2.42. The summed E-state index contributed by atoms with van der Waals surface area (Å²) in [6, 6.07) is 0. The molecule has 1 saturated carbocycles. The first-order chi connectivity index (χ1) is 5.21. The van der Waals surface area contributed by atoms with Gasteiger partial charge in [-0.15, -0.1) is 0 Å². The zero-order chi connectivity index (χ0) is 8.91. The van der Waals surface area contributed by atoms with Crippen molar-refractivity contribution in [2.75, 3.05) is 6.54 Å². The standard InChI is InChI=1S/C5H9NO3.C2H6/c7-4(8)5(1-2-5)3-6-9;1-2/h6,9H,1-3H2,(H,7,8);1-2H3. The quantitative estimate of drug-likeness (QED) is 0.537. The molecule has 3 N–H and O–H groups in total. The summed E-state index contributed by atoms with van der Waals surface area (Å²) in [4.78, 5) is 10.3. The van der Waals surface area contributed by atoms with E-state index in [0.29, 0.717) is 12.8 Å². The van der Waals surface area contributed by atoms with Crippen molar-refractivity contribution in [2.45, 2.75) is 26.7 Å². The van der Waals surface area contributed by atoms with Crippen LogP contribution in [0.3, 0.4) is 0 Å². The van der Waals surface area contributed by atoms with E-state index in [9.17, 15) is 4.79 Å². The number of hydrogen-bond donors (Lipinski definition) is 3. The Balaban J connectivity index is 0.000000461. The molecule has 1 aliphatic rings. The highest BCUT2D eigenvalue weighted by Crippen LogP contribution is 2.44. The number of carboxylic acid groups (broad SMARTS) is 1. The Morgan fingerprint density at radius 1 is 1.55 bits per heavy atom. The van der Waals surface area contributed by atoms with Crippen LogP contribution in [0.25, 0.3) is 0 Å². The second-order valence-electron chi connectivity index (χ2n) is 2.42. The third-order valence-corrected chi connectivity index (χ3v) is 1.72. The molecule has 4 heteroatoms. The van der Waals surface area contributed by atoms with Crippen LogP contribution >= 0.6 is 0 Å². The van der Waals surface area contributed by atoms with Gasteiger partial charge in [0.15, 0.2) is 0 Å². The predicted molar refractivity (Wildman–Crippen MR) is 40.4 cm³/mol. The molecule has 0 aromatic heterocycles. The van der Waals surface area contributed by atoms with E-state index in [4.69, 9.17) is 10.3 Å². The molecule has 0 radical (unpaired) electrons. The molecule has 0 bridgehead atoms. The highest BCUT2D eigenvalue weighted by molar-refractivity contribution is 5.78. The van der Waals surface area contributed by atoms with Gasteiger partial charge in [0.1, 0.15) is 0 Å². The van der Waals surface area contributed by atoms with E-state index in [1.807, 2.05) is 19.3 Å². The average Bonchev–Trinajstić information content (AvgIpc) is 2.75. The summed E-state index contributed by atoms with van der Waals surface area (Å²) in [5.74, 6) is -0.816. The Morgan fingerprint density at radius 3 is 2.09 bits per heavy atom. The molecule has 1 rings (SSSR count). The van der Waals surface area contributed by atoms with Crippen molar-refractivity contribution in [3.63, 3.8) is 0 Å². The normalized spacial score (nSPS) is 18.1. The summed E-state index contributed by atoms with van der Waals surface area (Å²) >= 11 is 0. The molecule has 0 aromatic carbocycles. The molecule has 4 nitrogen and oxygen atoms in total. The monoisotopic (exact) mass is 161 g/mol. The van der Waals surface area contributed by atoms with Crippen molar-refractivity contribution in [3.8, 4) is 0 Å². The SMILES string of the molecule is CC.O=C(O)C1(CNO)CC1. The second kappa shape index (κ2) is 4.31. The summed E-state index contributed by atoms with van der Waals surface area (Å²) in [6.45, 7) is 4.17. The lowest BCUT2D eigenvalue weighted by Crippen LogP contribution is -2.27. The fraction of sp³-hybridized carbons (Fsp3) is 0.857. The maximum absolute atomic E-state index is 10.3. The third kappa shape index (κ3) is 2.48. The van der Waals surface area contributed by atoms with Gasteiger partial charge < -0.3 is 10.3 Å². The Kier molecular flexibility index (Phi) is 4.07. The molecule has 0 spiro atoms. The summed E-state index contributed by atoms with van der Waals surface area (Å²) < 4.78 is 0. The van der Waals surface area contributed by atoms with E-state index in [2.05, 4.69) is 0 Å². The number of aliphatic carboxylic acids is 1. The van der Waals surface area contributed by atoms with Crippen LogP contribution in [-0.4, -0.2) is 22.8 Å². The van der Waals surface area contributed by atoms with Crippen molar-refractivity contribution in [1.29, 1.82) is 0 Å². The molecule has 1 fully saturated rings. The molecule has 66 valence electrons. The predicted octanol–water partition coefficient (Wildman–Crippen LogP) is 0.856. The van der Waals surface area contributed by atoms with E-state index in [1.165, 1.54) is 0 Å². The zero-order valence-corrected chi connectivity index (χ0v) is 6.92. The number of nitrogens with one attached hydrogen (secondary N) is 1. The molecule has 0 unspecified atom stereocenters. The maximum atomic E-state index is 10.3. The molecule has 1 aliphatic carbocycles. The van der Waals surface area contributed by atoms with Gasteiger partial charge in [0.2, 0.25) is 0 Å². The van der Waals surface area contributed by atoms with Crippen molar-refractivity contribution in [2.24, 2.45) is 5.41 Å². The summed E-state index contributed by atoms with van der Waals surface area (Å²) in [7, 11) is 0. The van der Waals surface area contributed by atoms with E-state index >= 15 is 0 Å². The number of hydrogen-bond acceptors (Lipinski definition) is 3. The van der Waals surface area contributed by atoms with E-state index in [0.717, 1.165) is 0 Å². The maximum Gasteiger partial charge on any atom is 0.311 e. The van der Waals surface area contributed by atoms with E-state index in [1.54, 1.807) is 0 Å². The Morgan fingerprint density at radius 2 is 2.00 bits per heavy atom. The smallest absolute Gasteiger partial charge is 0.311 e. The van der Waals surface area contributed by atoms with Crippen LogP contribution < -0.4 is 5.48 Å². The van der Waals surface area contributed by atoms with Crippen molar-refractivity contribution in [1.82, 2.24) is 5.48 Å². The average molecular weight is 161 g/mol. The topological polar surface area (TPSA) is 69.6 Å². The minimum absolute atomic E-state index is 0.169. The van der Waals surface area contributed by atoms with Crippen LogP contribution in [0, 0.1) is 5.41 Å². The largest absolute Gasteiger partial charge is 0.481 e. The van der Waals surface area contributed by atoms with Gasteiger partial charge in [0, 0.05) is 6.54 Å². The lowest BCUT2D eigenvalue weighted by molar-refractivity contribution is -0.143. The van der Waals surface area contributed by atoms with Crippen LogP contribution in [0.5, 0.6) is 0 Å². The van der Waals surface area contributed by atoms with Gasteiger partial charge in [-0.1, -0.05) is 13.8 Å². The third-order valence-electron chi connectivity index (χ3n) is 1.72. The van der Waals surface area contributed by atoms with Crippen molar-refractivity contribution in [3.05, 3.63) is 0 Å². The molecule has 0 aromatic rings. The minimum atomic E-state index is -0.816. The Bertz CT molecular complexity index is 132. The van der Waals surface area contributed by atoms with Crippen LogP contribution in [0.4, 0.5) is 0 Å². The first-order valence-corrected chi connectivity index (χ1v) is 3.82. The highest BCUT2D eigenvalue weighted by Gasteiger charge is 2.49. The molecule has 0 aliphatic heterocycles. The molecular weight excluding hydrogens is 146 g/mol. The van der Waals surface area contributed by atoms with Crippen molar-refractivity contribution >= 4 is 5.97 Å². The van der Waals surface area contributed by atoms with Gasteiger partial charge in [-0.2, -0.15) is 0 Å². The summed E-state index contributed by atoms with van der Waals surface area (Å²) in [5, 5.41) is 16.7. The van der Waals surface area contributed by atoms with Gasteiger partial charge >= 0.3 is 5.97 Å². The molecule has 0 saturated heterocycles. The molecule has 11 heavy (non-hydrogen) atoms.